The molecule has 1 unspecified atom stereocenters. The van der Waals surface area contributed by atoms with Gasteiger partial charge >= 0.3 is 6.18 Å². The first-order chi connectivity index (χ1) is 17.3. The molecule has 13 heteroatoms. The number of alkyl halides is 3. The van der Waals surface area contributed by atoms with Gasteiger partial charge in [0.25, 0.3) is 10.0 Å². The van der Waals surface area contributed by atoms with E-state index in [0.29, 0.717) is 36.3 Å². The van der Waals surface area contributed by atoms with Gasteiger partial charge in [-0.3, -0.25) is 9.52 Å². The van der Waals surface area contributed by atoms with Gasteiger partial charge < -0.3 is 15.0 Å². The molecule has 3 aromatic rings. The van der Waals surface area contributed by atoms with Crippen molar-refractivity contribution in [3.63, 3.8) is 0 Å². The second kappa shape index (κ2) is 10.5. The van der Waals surface area contributed by atoms with Crippen molar-refractivity contribution in [3.05, 3.63) is 58.4 Å². The summed E-state index contributed by atoms with van der Waals surface area (Å²) in [6.07, 6.45) is -4.56. The predicted octanol–water partition coefficient (Wildman–Crippen LogP) is 5.93. The van der Waals surface area contributed by atoms with E-state index < -0.39 is 33.6 Å². The van der Waals surface area contributed by atoms with E-state index in [0.717, 1.165) is 29.5 Å². The van der Waals surface area contributed by atoms with Crippen LogP contribution in [-0.4, -0.2) is 45.5 Å². The molecule has 198 valence electrons. The molecule has 2 aromatic carbocycles. The number of likely N-dealkylation sites (tertiary alicyclic amines) is 1. The van der Waals surface area contributed by atoms with Crippen LogP contribution in [0, 0.1) is 0 Å². The van der Waals surface area contributed by atoms with E-state index >= 15 is 0 Å². The zero-order chi connectivity index (χ0) is 27.0. The maximum absolute atomic E-state index is 13.6. The Morgan fingerprint density at radius 3 is 2.41 bits per heavy atom. The fourth-order valence-corrected chi connectivity index (χ4v) is 6.92. The zero-order valence-electron chi connectivity index (χ0n) is 19.7. The number of anilines is 2. The van der Waals surface area contributed by atoms with Crippen LogP contribution >= 0.6 is 22.9 Å². The largest absolute Gasteiger partial charge is 0.488 e. The Morgan fingerprint density at radius 1 is 1.14 bits per heavy atom. The number of benzene rings is 2. The molecular formula is C24H23ClF3N3O4S2. The number of sulfonamides is 1. The molecule has 1 atom stereocenters. The third-order valence-electron chi connectivity index (χ3n) is 5.61. The molecule has 1 fully saturated rings. The number of amides is 1. The SMILES string of the molecule is CC(=O)Nc1ccc(-c2cc(Cl)sc2S(=O)(=O)Nc2ccc(C(F)(F)F)c(OC3CCN(C)C3)c2)cc1. The van der Waals surface area contributed by atoms with E-state index in [1.165, 1.54) is 13.0 Å². The van der Waals surface area contributed by atoms with Crippen LogP contribution in [0.4, 0.5) is 24.5 Å². The monoisotopic (exact) mass is 573 g/mol. The maximum atomic E-state index is 13.6. The minimum atomic E-state index is -4.67. The van der Waals surface area contributed by atoms with Crippen LogP contribution < -0.4 is 14.8 Å². The molecule has 0 aliphatic carbocycles. The van der Waals surface area contributed by atoms with Gasteiger partial charge in [0.1, 0.15) is 16.1 Å². The van der Waals surface area contributed by atoms with Gasteiger partial charge in [-0.1, -0.05) is 23.7 Å². The molecule has 0 radical (unpaired) electrons. The Labute approximate surface area is 221 Å². The molecule has 37 heavy (non-hydrogen) atoms. The Kier molecular flexibility index (Phi) is 7.75. The van der Waals surface area contributed by atoms with Crippen LogP contribution in [0.25, 0.3) is 11.1 Å². The number of likely N-dealkylation sites (N-methyl/N-ethyl adjacent to an activating group) is 1. The number of nitrogens with one attached hydrogen (secondary N) is 2. The van der Waals surface area contributed by atoms with E-state index in [1.807, 2.05) is 11.9 Å². The summed E-state index contributed by atoms with van der Waals surface area (Å²) in [6, 6.07) is 10.9. The molecule has 7 nitrogen and oxygen atoms in total. The molecule has 2 heterocycles. The first-order valence-electron chi connectivity index (χ1n) is 11.1. The van der Waals surface area contributed by atoms with Gasteiger partial charge in [-0.15, -0.1) is 11.3 Å². The van der Waals surface area contributed by atoms with Gasteiger partial charge in [0.2, 0.25) is 5.91 Å². The number of halogens is 4. The first-order valence-corrected chi connectivity index (χ1v) is 13.8. The zero-order valence-corrected chi connectivity index (χ0v) is 22.1. The number of hydrogen-bond acceptors (Lipinski definition) is 6. The van der Waals surface area contributed by atoms with Gasteiger partial charge in [-0.2, -0.15) is 13.2 Å². The standard InChI is InChI=1S/C24H23ClF3N3O4S2/c1-14(32)29-16-5-3-15(4-6-16)19-12-22(25)36-23(19)37(33,34)30-17-7-8-20(24(26,27)28)21(11-17)35-18-9-10-31(2)13-18/h3-8,11-12,18,30H,9-10,13H2,1-2H3,(H,29,32). The van der Waals surface area contributed by atoms with Crippen LogP contribution in [0.2, 0.25) is 4.34 Å². The molecule has 1 amide bonds. The third-order valence-corrected chi connectivity index (χ3v) is 8.79. The van der Waals surface area contributed by atoms with E-state index in [1.54, 1.807) is 24.3 Å². The molecule has 4 rings (SSSR count). The molecular weight excluding hydrogens is 551 g/mol. The molecule has 0 spiro atoms. The second-order valence-corrected chi connectivity index (χ2v) is 12.2. The Balaban J connectivity index is 1.64. The first kappa shape index (κ1) is 27.2. The quantitative estimate of drug-likeness (QED) is 0.366. The highest BCUT2D eigenvalue weighted by molar-refractivity contribution is 7.94. The normalized spacial score (nSPS) is 16.5. The van der Waals surface area contributed by atoms with Crippen molar-refractivity contribution in [1.29, 1.82) is 0 Å². The predicted molar refractivity (Wildman–Crippen MR) is 138 cm³/mol. The van der Waals surface area contributed by atoms with Gasteiger partial charge in [0, 0.05) is 37.3 Å². The topological polar surface area (TPSA) is 87.7 Å². The lowest BCUT2D eigenvalue weighted by molar-refractivity contribution is -0.139. The molecule has 1 aromatic heterocycles. The molecule has 2 N–H and O–H groups in total. The van der Waals surface area contributed by atoms with Crippen molar-refractivity contribution in [3.8, 4) is 16.9 Å². The van der Waals surface area contributed by atoms with Crippen molar-refractivity contribution in [2.45, 2.75) is 29.8 Å². The summed E-state index contributed by atoms with van der Waals surface area (Å²) < 4.78 is 75.6. The lowest BCUT2D eigenvalue weighted by atomic mass is 10.1. The summed E-state index contributed by atoms with van der Waals surface area (Å²) in [6.45, 7) is 2.52. The highest BCUT2D eigenvalue weighted by atomic mass is 35.5. The second-order valence-electron chi connectivity index (χ2n) is 8.62. The summed E-state index contributed by atoms with van der Waals surface area (Å²) in [5.74, 6) is -0.690. The summed E-state index contributed by atoms with van der Waals surface area (Å²) in [5.41, 5.74) is 0.314. The minimum Gasteiger partial charge on any atom is -0.488 e. The number of carbonyl (C=O) groups is 1. The summed E-state index contributed by atoms with van der Waals surface area (Å²) in [7, 11) is -2.39. The van der Waals surface area contributed by atoms with Crippen LogP contribution in [0.15, 0.2) is 52.7 Å². The van der Waals surface area contributed by atoms with Gasteiger partial charge in [0.15, 0.2) is 0 Å². The molecule has 1 aliphatic heterocycles. The number of hydrogen-bond donors (Lipinski definition) is 2. The lowest BCUT2D eigenvalue weighted by Gasteiger charge is -2.19. The molecule has 1 saturated heterocycles. The van der Waals surface area contributed by atoms with E-state index in [-0.39, 0.29) is 20.1 Å². The van der Waals surface area contributed by atoms with Crippen LogP contribution in [0.1, 0.15) is 18.9 Å². The number of nitrogens with zero attached hydrogens (tertiary/aromatic N) is 1. The number of ether oxygens (including phenoxy) is 1. The third kappa shape index (κ3) is 6.56. The lowest BCUT2D eigenvalue weighted by Crippen LogP contribution is -2.23. The average molecular weight is 574 g/mol. The van der Waals surface area contributed by atoms with Crippen molar-refractivity contribution < 1.29 is 31.1 Å². The Bertz CT molecular complexity index is 1410. The number of thiophene rings is 1. The fraction of sp³-hybridized carbons (Fsp3) is 0.292. The molecule has 0 bridgehead atoms. The molecule has 0 saturated carbocycles. The van der Waals surface area contributed by atoms with Crippen molar-refractivity contribution in [2.24, 2.45) is 0 Å². The van der Waals surface area contributed by atoms with Crippen LogP contribution in [-0.2, 0) is 21.0 Å². The maximum Gasteiger partial charge on any atom is 0.419 e. The van der Waals surface area contributed by atoms with E-state index in [4.69, 9.17) is 16.3 Å². The van der Waals surface area contributed by atoms with Crippen molar-refractivity contribution >= 4 is 50.2 Å². The smallest absolute Gasteiger partial charge is 0.419 e. The van der Waals surface area contributed by atoms with Crippen molar-refractivity contribution in [1.82, 2.24) is 4.90 Å². The Morgan fingerprint density at radius 2 is 1.81 bits per heavy atom. The van der Waals surface area contributed by atoms with Gasteiger partial charge in [-0.05, 0) is 49.4 Å². The van der Waals surface area contributed by atoms with Gasteiger partial charge in [0.05, 0.1) is 15.6 Å². The fourth-order valence-electron chi connectivity index (χ4n) is 3.97. The molecule has 1 aliphatic rings. The summed E-state index contributed by atoms with van der Waals surface area (Å²) in [4.78, 5) is 13.2. The van der Waals surface area contributed by atoms with Gasteiger partial charge in [-0.25, -0.2) is 8.42 Å². The highest BCUT2D eigenvalue weighted by Gasteiger charge is 2.36. The number of rotatable bonds is 7. The van der Waals surface area contributed by atoms with E-state index in [9.17, 15) is 26.4 Å². The average Bonchev–Trinajstić information content (AvgIpc) is 3.38. The minimum absolute atomic E-state index is 0.0779. The van der Waals surface area contributed by atoms with Crippen LogP contribution in [0.3, 0.4) is 0 Å². The van der Waals surface area contributed by atoms with E-state index in [2.05, 4.69) is 10.0 Å². The Hall–Kier alpha value is -2.80. The number of carbonyl (C=O) groups excluding carboxylic acids is 1. The summed E-state index contributed by atoms with van der Waals surface area (Å²) in [5, 5.41) is 2.63. The highest BCUT2D eigenvalue weighted by Crippen LogP contribution is 2.41. The van der Waals surface area contributed by atoms with Crippen LogP contribution in [0.5, 0.6) is 5.75 Å². The summed E-state index contributed by atoms with van der Waals surface area (Å²) >= 11 is 6.96. The van der Waals surface area contributed by atoms with Crippen molar-refractivity contribution in [2.75, 3.05) is 30.2 Å².